The third kappa shape index (κ3) is 1.70. The Morgan fingerprint density at radius 2 is 2.20 bits per heavy atom. The van der Waals surface area contributed by atoms with Crippen LogP contribution in [0.2, 0.25) is 0 Å². The molecule has 1 heterocycles. The molecule has 0 saturated heterocycles. The van der Waals surface area contributed by atoms with Crippen molar-refractivity contribution in [2.75, 3.05) is 0 Å². The Morgan fingerprint density at radius 1 is 1.50 bits per heavy atom. The van der Waals surface area contributed by atoms with E-state index in [4.69, 9.17) is 0 Å². The lowest BCUT2D eigenvalue weighted by molar-refractivity contribution is 0.140. The minimum atomic E-state index is -2.60. The lowest BCUT2D eigenvalue weighted by Crippen LogP contribution is -1.93. The largest absolute Gasteiger partial charge is 0.297 e. The highest BCUT2D eigenvalue weighted by molar-refractivity contribution is 9.10. The monoisotopic (exact) mass is 208 g/mol. The number of nitrogens with zero attached hydrogens (tertiary/aromatic N) is 2. The van der Waals surface area contributed by atoms with Crippen molar-refractivity contribution in [1.82, 2.24) is 9.97 Å². The van der Waals surface area contributed by atoms with E-state index < -0.39 is 12.2 Å². The summed E-state index contributed by atoms with van der Waals surface area (Å²) in [5.74, 6) is -0.450. The fourth-order valence-corrected chi connectivity index (χ4v) is 0.756. The van der Waals surface area contributed by atoms with E-state index in [2.05, 4.69) is 25.9 Å². The fraction of sp³-hybridized carbons (Fsp3) is 0.200. The van der Waals surface area contributed by atoms with Gasteiger partial charge in [0.15, 0.2) is 5.82 Å². The Hall–Kier alpha value is -0.580. The molecule has 0 aromatic carbocycles. The Balaban J connectivity index is 2.96. The van der Waals surface area contributed by atoms with Crippen molar-refractivity contribution >= 4 is 15.9 Å². The zero-order valence-corrected chi connectivity index (χ0v) is 6.35. The molecule has 0 saturated carbocycles. The maximum Gasteiger partial charge on any atom is 0.297 e. The number of hydrogen-bond acceptors (Lipinski definition) is 2. The molecule has 0 spiro atoms. The van der Waals surface area contributed by atoms with E-state index in [0.717, 1.165) is 0 Å². The van der Waals surface area contributed by atoms with Gasteiger partial charge in [0.25, 0.3) is 6.43 Å². The highest BCUT2D eigenvalue weighted by Gasteiger charge is 2.09. The maximum atomic E-state index is 11.8. The van der Waals surface area contributed by atoms with Gasteiger partial charge in [0.1, 0.15) is 4.60 Å². The summed E-state index contributed by atoms with van der Waals surface area (Å²) in [5.41, 5.74) is 0. The second kappa shape index (κ2) is 3.01. The summed E-state index contributed by atoms with van der Waals surface area (Å²) >= 11 is 2.95. The van der Waals surface area contributed by atoms with E-state index in [9.17, 15) is 8.78 Å². The minimum absolute atomic E-state index is 0.373. The first-order chi connectivity index (χ1) is 4.70. The molecule has 0 atom stereocenters. The van der Waals surface area contributed by atoms with Gasteiger partial charge in [-0.3, -0.25) is 0 Å². The van der Waals surface area contributed by atoms with E-state index in [0.29, 0.717) is 4.60 Å². The highest BCUT2D eigenvalue weighted by Crippen LogP contribution is 2.14. The predicted octanol–water partition coefficient (Wildman–Crippen LogP) is 2.18. The normalized spacial score (nSPS) is 10.4. The summed E-state index contributed by atoms with van der Waals surface area (Å²) in [6.45, 7) is 0. The molecular weight excluding hydrogens is 206 g/mol. The SMILES string of the molecule is FC(F)c1nccc(Br)n1. The fourth-order valence-electron chi connectivity index (χ4n) is 0.456. The smallest absolute Gasteiger partial charge is 0.236 e. The van der Waals surface area contributed by atoms with Gasteiger partial charge >= 0.3 is 0 Å². The Kier molecular flexibility index (Phi) is 2.26. The zero-order valence-electron chi connectivity index (χ0n) is 4.76. The van der Waals surface area contributed by atoms with Crippen LogP contribution in [0.25, 0.3) is 0 Å². The van der Waals surface area contributed by atoms with Crippen LogP contribution in [0.15, 0.2) is 16.9 Å². The summed E-state index contributed by atoms with van der Waals surface area (Å²) in [6.07, 6.45) is -1.32. The van der Waals surface area contributed by atoms with Crippen molar-refractivity contribution in [3.63, 3.8) is 0 Å². The molecule has 0 amide bonds. The first-order valence-electron chi connectivity index (χ1n) is 2.47. The number of hydrogen-bond donors (Lipinski definition) is 0. The molecule has 5 heteroatoms. The van der Waals surface area contributed by atoms with Crippen LogP contribution in [-0.2, 0) is 0 Å². The molecule has 0 aliphatic heterocycles. The summed E-state index contributed by atoms with van der Waals surface area (Å²) in [5, 5.41) is 0. The van der Waals surface area contributed by atoms with E-state index in [-0.39, 0.29) is 0 Å². The minimum Gasteiger partial charge on any atom is -0.236 e. The average Bonchev–Trinajstić information content (AvgIpc) is 1.88. The second-order valence-electron chi connectivity index (χ2n) is 1.54. The standard InChI is InChI=1S/C5H3BrF2N2/c6-3-1-2-9-5(10-3)4(7)8/h1-2,4H. The zero-order chi connectivity index (χ0) is 7.56. The quantitative estimate of drug-likeness (QED) is 0.662. The molecule has 0 radical (unpaired) electrons. The molecule has 0 aliphatic rings. The van der Waals surface area contributed by atoms with Crippen molar-refractivity contribution in [3.8, 4) is 0 Å². The number of alkyl halides is 2. The molecule has 2 nitrogen and oxygen atoms in total. The van der Waals surface area contributed by atoms with Gasteiger partial charge < -0.3 is 0 Å². The Morgan fingerprint density at radius 3 is 2.60 bits per heavy atom. The summed E-state index contributed by atoms with van der Waals surface area (Å²) in [7, 11) is 0. The molecule has 10 heavy (non-hydrogen) atoms. The first kappa shape index (κ1) is 7.53. The Bertz CT molecular complexity index is 229. The molecule has 1 rings (SSSR count). The van der Waals surface area contributed by atoms with Gasteiger partial charge in [-0.1, -0.05) is 0 Å². The summed E-state index contributed by atoms with van der Waals surface area (Å²) in [6, 6.07) is 1.49. The van der Waals surface area contributed by atoms with Crippen molar-refractivity contribution < 1.29 is 8.78 Å². The van der Waals surface area contributed by atoms with Crippen LogP contribution in [-0.4, -0.2) is 9.97 Å². The lowest BCUT2D eigenvalue weighted by Gasteiger charge is -1.95. The van der Waals surface area contributed by atoms with Crippen LogP contribution >= 0.6 is 15.9 Å². The van der Waals surface area contributed by atoms with Crippen LogP contribution in [0.1, 0.15) is 12.2 Å². The maximum absolute atomic E-state index is 11.8. The van der Waals surface area contributed by atoms with Crippen LogP contribution in [0.4, 0.5) is 8.78 Å². The number of rotatable bonds is 1. The first-order valence-corrected chi connectivity index (χ1v) is 3.26. The van der Waals surface area contributed by atoms with Gasteiger partial charge in [-0.2, -0.15) is 0 Å². The molecule has 0 N–H and O–H groups in total. The lowest BCUT2D eigenvalue weighted by atomic mass is 10.6. The summed E-state index contributed by atoms with van der Waals surface area (Å²) < 4.78 is 24.0. The molecule has 1 aromatic heterocycles. The van der Waals surface area contributed by atoms with Crippen molar-refractivity contribution in [2.45, 2.75) is 6.43 Å². The van der Waals surface area contributed by atoms with Gasteiger partial charge in [0.05, 0.1) is 0 Å². The van der Waals surface area contributed by atoms with Crippen LogP contribution < -0.4 is 0 Å². The number of halogens is 3. The second-order valence-corrected chi connectivity index (χ2v) is 2.35. The van der Waals surface area contributed by atoms with Gasteiger partial charge in [-0.05, 0) is 22.0 Å². The third-order valence-electron chi connectivity index (χ3n) is 0.835. The van der Waals surface area contributed by atoms with E-state index in [1.54, 1.807) is 0 Å². The van der Waals surface area contributed by atoms with Crippen molar-refractivity contribution in [2.24, 2.45) is 0 Å². The van der Waals surface area contributed by atoms with Crippen LogP contribution in [0, 0.1) is 0 Å². The summed E-state index contributed by atoms with van der Waals surface area (Å²) in [4.78, 5) is 6.78. The average molecular weight is 209 g/mol. The molecule has 54 valence electrons. The van der Waals surface area contributed by atoms with Gasteiger partial charge in [0, 0.05) is 6.20 Å². The van der Waals surface area contributed by atoms with Crippen molar-refractivity contribution in [1.29, 1.82) is 0 Å². The van der Waals surface area contributed by atoms with Crippen molar-refractivity contribution in [3.05, 3.63) is 22.7 Å². The topological polar surface area (TPSA) is 25.8 Å². The molecule has 1 aromatic rings. The van der Waals surface area contributed by atoms with Gasteiger partial charge in [-0.15, -0.1) is 0 Å². The van der Waals surface area contributed by atoms with E-state index in [1.165, 1.54) is 12.3 Å². The number of aromatic nitrogens is 2. The van der Waals surface area contributed by atoms with Gasteiger partial charge in [0.2, 0.25) is 0 Å². The molecule has 0 bridgehead atoms. The van der Waals surface area contributed by atoms with Crippen LogP contribution in [0.3, 0.4) is 0 Å². The third-order valence-corrected chi connectivity index (χ3v) is 1.28. The van der Waals surface area contributed by atoms with E-state index in [1.807, 2.05) is 0 Å². The van der Waals surface area contributed by atoms with Gasteiger partial charge in [-0.25, -0.2) is 18.7 Å². The molecule has 0 aliphatic carbocycles. The molecule has 0 unspecified atom stereocenters. The molecular formula is C5H3BrF2N2. The Labute approximate surface area is 64.4 Å². The predicted molar refractivity (Wildman–Crippen MR) is 34.7 cm³/mol. The van der Waals surface area contributed by atoms with E-state index >= 15 is 0 Å². The molecule has 0 fully saturated rings. The van der Waals surface area contributed by atoms with Crippen LogP contribution in [0.5, 0.6) is 0 Å². The highest BCUT2D eigenvalue weighted by atomic mass is 79.9.